The molecule has 0 bridgehead atoms. The van der Waals surface area contributed by atoms with Crippen molar-refractivity contribution in [3.63, 3.8) is 0 Å². The summed E-state index contributed by atoms with van der Waals surface area (Å²) in [5.41, 5.74) is 0.888. The molecule has 0 fully saturated rings. The van der Waals surface area contributed by atoms with E-state index < -0.39 is 0 Å². The van der Waals surface area contributed by atoms with Gasteiger partial charge in [-0.1, -0.05) is 40.8 Å². The minimum absolute atomic E-state index is 0.322. The van der Waals surface area contributed by atoms with Crippen LogP contribution in [-0.4, -0.2) is 17.2 Å². The largest absolute Gasteiger partial charge is 0.363 e. The maximum atomic E-state index is 12.8. The van der Waals surface area contributed by atoms with Crippen molar-refractivity contribution >= 4 is 39.8 Å². The van der Waals surface area contributed by atoms with E-state index in [2.05, 4.69) is 15.5 Å². The molecule has 3 nitrogen and oxygen atoms in total. The highest BCUT2D eigenvalue weighted by Crippen LogP contribution is 2.30. The number of rotatable bonds is 4. The number of nitrogens with one attached hydrogen (secondary N) is 1. The van der Waals surface area contributed by atoms with Crippen molar-refractivity contribution in [1.82, 2.24) is 10.2 Å². The first-order valence-electron chi connectivity index (χ1n) is 4.77. The van der Waals surface area contributed by atoms with Crippen molar-refractivity contribution in [3.05, 3.63) is 34.6 Å². The summed E-state index contributed by atoms with van der Waals surface area (Å²) in [4.78, 5) is 0. The minimum Gasteiger partial charge on any atom is -0.363 e. The van der Waals surface area contributed by atoms with E-state index in [0.29, 0.717) is 10.8 Å². The summed E-state index contributed by atoms with van der Waals surface area (Å²) in [6.07, 6.45) is 0. The summed E-state index contributed by atoms with van der Waals surface area (Å²) < 4.78 is 13.7. The zero-order valence-corrected chi connectivity index (χ0v) is 11.3. The predicted octanol–water partition coefficient (Wildman–Crippen LogP) is 3.66. The monoisotopic (exact) mass is 289 g/mol. The first-order valence-corrected chi connectivity index (χ1v) is 6.95. The summed E-state index contributed by atoms with van der Waals surface area (Å²) in [7, 11) is 1.80. The minimum atomic E-state index is -0.322. The second kappa shape index (κ2) is 5.66. The molecule has 17 heavy (non-hydrogen) atoms. The lowest BCUT2D eigenvalue weighted by atomic mass is 10.2. The normalized spacial score (nSPS) is 10.5. The number of aromatic nitrogens is 2. The highest BCUT2D eigenvalue weighted by molar-refractivity contribution is 8.00. The van der Waals surface area contributed by atoms with Crippen molar-refractivity contribution in [2.75, 3.05) is 12.4 Å². The van der Waals surface area contributed by atoms with Gasteiger partial charge in [0.2, 0.25) is 5.13 Å². The van der Waals surface area contributed by atoms with Gasteiger partial charge in [-0.15, -0.1) is 10.2 Å². The standard InChI is InChI=1S/C10H9ClFN3S2/c1-13-9-14-15-10(17-9)16-5-6-2-3-7(12)4-8(6)11/h2-4H,5H2,1H3,(H,13,14). The molecule has 90 valence electrons. The van der Waals surface area contributed by atoms with Crippen molar-refractivity contribution in [2.24, 2.45) is 0 Å². The molecule has 0 amide bonds. The van der Waals surface area contributed by atoms with Crippen LogP contribution in [0.2, 0.25) is 5.02 Å². The van der Waals surface area contributed by atoms with Gasteiger partial charge < -0.3 is 5.32 Å². The molecule has 0 atom stereocenters. The van der Waals surface area contributed by atoms with Gasteiger partial charge in [-0.2, -0.15) is 0 Å². The lowest BCUT2D eigenvalue weighted by molar-refractivity contribution is 0.627. The average molecular weight is 290 g/mol. The van der Waals surface area contributed by atoms with Crippen LogP contribution >= 0.6 is 34.7 Å². The van der Waals surface area contributed by atoms with E-state index in [0.717, 1.165) is 15.0 Å². The van der Waals surface area contributed by atoms with E-state index in [-0.39, 0.29) is 5.82 Å². The Balaban J connectivity index is 2.02. The van der Waals surface area contributed by atoms with E-state index in [1.54, 1.807) is 13.1 Å². The molecule has 0 aliphatic rings. The number of nitrogens with zero attached hydrogens (tertiary/aromatic N) is 2. The predicted molar refractivity (Wildman–Crippen MR) is 70.4 cm³/mol. The Morgan fingerprint density at radius 2 is 2.29 bits per heavy atom. The first-order chi connectivity index (χ1) is 8.19. The second-order valence-corrected chi connectivity index (χ2v) is 5.75. The van der Waals surface area contributed by atoms with E-state index in [1.165, 1.54) is 35.2 Å². The molecule has 1 N–H and O–H groups in total. The van der Waals surface area contributed by atoms with Gasteiger partial charge in [0.05, 0.1) is 0 Å². The lowest BCUT2D eigenvalue weighted by Crippen LogP contribution is -1.85. The van der Waals surface area contributed by atoms with Crippen molar-refractivity contribution in [1.29, 1.82) is 0 Å². The van der Waals surface area contributed by atoms with Gasteiger partial charge in [0.1, 0.15) is 5.82 Å². The van der Waals surface area contributed by atoms with E-state index in [4.69, 9.17) is 11.6 Å². The summed E-state index contributed by atoms with van der Waals surface area (Å²) >= 11 is 8.93. The Bertz CT molecular complexity index is 518. The molecule has 0 saturated carbocycles. The highest BCUT2D eigenvalue weighted by atomic mass is 35.5. The van der Waals surface area contributed by atoms with Gasteiger partial charge in [0.15, 0.2) is 4.34 Å². The van der Waals surface area contributed by atoms with Crippen molar-refractivity contribution in [2.45, 2.75) is 10.1 Å². The number of halogens is 2. The van der Waals surface area contributed by atoms with Crippen LogP contribution in [-0.2, 0) is 5.75 Å². The molecule has 0 aliphatic carbocycles. The topological polar surface area (TPSA) is 37.8 Å². The molecule has 2 aromatic rings. The third-order valence-electron chi connectivity index (χ3n) is 1.99. The molecule has 2 rings (SSSR count). The molecule has 7 heteroatoms. The Labute approximate surface area is 111 Å². The second-order valence-electron chi connectivity index (χ2n) is 3.15. The highest BCUT2D eigenvalue weighted by Gasteiger charge is 2.06. The van der Waals surface area contributed by atoms with Gasteiger partial charge in [-0.25, -0.2) is 4.39 Å². The molecule has 0 spiro atoms. The lowest BCUT2D eigenvalue weighted by Gasteiger charge is -2.01. The van der Waals surface area contributed by atoms with Crippen LogP contribution < -0.4 is 5.32 Å². The molecule has 1 aromatic heterocycles. The van der Waals surface area contributed by atoms with Crippen LogP contribution in [0, 0.1) is 5.82 Å². The summed E-state index contributed by atoms with van der Waals surface area (Å²) in [6, 6.07) is 4.40. The Morgan fingerprint density at radius 1 is 1.47 bits per heavy atom. The molecule has 1 aromatic carbocycles. The van der Waals surface area contributed by atoms with Crippen LogP contribution in [0.3, 0.4) is 0 Å². The molecule has 0 saturated heterocycles. The first kappa shape index (κ1) is 12.6. The third-order valence-corrected chi connectivity index (χ3v) is 4.46. The zero-order chi connectivity index (χ0) is 12.3. The van der Waals surface area contributed by atoms with Gasteiger partial charge in [-0.05, 0) is 17.7 Å². The van der Waals surface area contributed by atoms with Crippen molar-refractivity contribution < 1.29 is 4.39 Å². The molecule has 0 unspecified atom stereocenters. The van der Waals surface area contributed by atoms with Gasteiger partial charge in [0, 0.05) is 17.8 Å². The summed E-state index contributed by atoms with van der Waals surface area (Å²) in [5.74, 6) is 0.328. The molecular weight excluding hydrogens is 281 g/mol. The molecular formula is C10H9ClFN3S2. The van der Waals surface area contributed by atoms with E-state index in [9.17, 15) is 4.39 Å². The fraction of sp³-hybridized carbons (Fsp3) is 0.200. The van der Waals surface area contributed by atoms with Gasteiger partial charge in [-0.3, -0.25) is 0 Å². The SMILES string of the molecule is CNc1nnc(SCc2ccc(F)cc2Cl)s1. The Morgan fingerprint density at radius 3 is 2.94 bits per heavy atom. The maximum absolute atomic E-state index is 12.8. The van der Waals surface area contributed by atoms with E-state index >= 15 is 0 Å². The van der Waals surface area contributed by atoms with Crippen LogP contribution in [0.25, 0.3) is 0 Å². The molecule has 1 heterocycles. The van der Waals surface area contributed by atoms with Crippen LogP contribution in [0.5, 0.6) is 0 Å². The zero-order valence-electron chi connectivity index (χ0n) is 8.91. The quantitative estimate of drug-likeness (QED) is 0.872. The fourth-order valence-electron chi connectivity index (χ4n) is 1.15. The fourth-order valence-corrected chi connectivity index (χ4v) is 3.17. The number of thioether (sulfide) groups is 1. The van der Waals surface area contributed by atoms with Gasteiger partial charge in [0.25, 0.3) is 0 Å². The smallest absolute Gasteiger partial charge is 0.206 e. The molecule has 0 aliphatic heterocycles. The van der Waals surface area contributed by atoms with Crippen LogP contribution in [0.4, 0.5) is 9.52 Å². The summed E-state index contributed by atoms with van der Waals surface area (Å²) in [5, 5.41) is 12.1. The Hall–Kier alpha value is -0.850. The molecule has 0 radical (unpaired) electrons. The maximum Gasteiger partial charge on any atom is 0.206 e. The average Bonchev–Trinajstić information content (AvgIpc) is 2.76. The third kappa shape index (κ3) is 3.31. The van der Waals surface area contributed by atoms with Crippen LogP contribution in [0.15, 0.2) is 22.5 Å². The number of benzene rings is 1. The van der Waals surface area contributed by atoms with E-state index in [1.807, 2.05) is 0 Å². The van der Waals surface area contributed by atoms with Crippen LogP contribution in [0.1, 0.15) is 5.56 Å². The summed E-state index contributed by atoms with van der Waals surface area (Å²) in [6.45, 7) is 0. The Kier molecular flexibility index (Phi) is 4.20. The van der Waals surface area contributed by atoms with Gasteiger partial charge >= 0.3 is 0 Å². The number of hydrogen-bond acceptors (Lipinski definition) is 5. The number of hydrogen-bond donors (Lipinski definition) is 1. The van der Waals surface area contributed by atoms with Crippen molar-refractivity contribution in [3.8, 4) is 0 Å². The number of anilines is 1.